The van der Waals surface area contributed by atoms with Crippen LogP contribution in [0, 0.1) is 0 Å². The number of amides is 1. The number of H-pyrrole nitrogens is 1. The fourth-order valence-electron chi connectivity index (χ4n) is 3.89. The van der Waals surface area contributed by atoms with Crippen LogP contribution in [0.15, 0.2) is 113 Å². The molecule has 1 aromatic heterocycles. The van der Waals surface area contributed by atoms with Crippen LogP contribution in [-0.4, -0.2) is 25.5 Å². The van der Waals surface area contributed by atoms with Gasteiger partial charge in [0.2, 0.25) is 0 Å². The third-order valence-electron chi connectivity index (χ3n) is 5.67. The average molecular weight is 529 g/mol. The van der Waals surface area contributed by atoms with Crippen LogP contribution in [0.3, 0.4) is 0 Å². The van der Waals surface area contributed by atoms with E-state index in [1.807, 2.05) is 54.6 Å². The number of nitrogens with one attached hydrogen (secondary N) is 3. The Kier molecular flexibility index (Phi) is 6.76. The monoisotopic (exact) mass is 528 g/mol. The molecule has 0 spiro atoms. The molecular formula is C28H21ClN4O3S. The minimum atomic E-state index is -3.91. The van der Waals surface area contributed by atoms with Gasteiger partial charge in [-0.3, -0.25) is 9.52 Å². The molecule has 0 aliphatic carbocycles. The van der Waals surface area contributed by atoms with E-state index in [1.54, 1.807) is 30.5 Å². The number of nitrogens with zero attached hydrogens (tertiary/aromatic N) is 1. The maximum atomic E-state index is 12.8. The maximum absolute atomic E-state index is 12.8. The summed E-state index contributed by atoms with van der Waals surface area (Å²) in [7, 11) is -3.91. The van der Waals surface area contributed by atoms with Crippen LogP contribution in [0.4, 0.5) is 5.69 Å². The molecule has 0 saturated heterocycles. The van der Waals surface area contributed by atoms with Gasteiger partial charge >= 0.3 is 0 Å². The molecule has 3 N–H and O–H groups in total. The van der Waals surface area contributed by atoms with Gasteiger partial charge < -0.3 is 4.98 Å². The number of anilines is 1. The van der Waals surface area contributed by atoms with Crippen LogP contribution < -0.4 is 10.1 Å². The third kappa shape index (κ3) is 5.40. The summed E-state index contributed by atoms with van der Waals surface area (Å²) in [5.41, 5.74) is 6.64. The lowest BCUT2D eigenvalue weighted by atomic mass is 10.1. The SMILES string of the molecule is O=C(NN=Cc1c(-c2ccccc2)[nH]c2ccccc12)c1cccc(S(=O)(=O)Nc2ccc(Cl)cc2)c1. The third-order valence-corrected chi connectivity index (χ3v) is 7.30. The number of benzene rings is 4. The summed E-state index contributed by atoms with van der Waals surface area (Å²) in [6.07, 6.45) is 1.59. The molecule has 7 nitrogen and oxygen atoms in total. The van der Waals surface area contributed by atoms with Gasteiger partial charge in [-0.2, -0.15) is 5.10 Å². The maximum Gasteiger partial charge on any atom is 0.271 e. The Morgan fingerprint density at radius 1 is 0.865 bits per heavy atom. The Bertz CT molecular complexity index is 1710. The summed E-state index contributed by atoms with van der Waals surface area (Å²) >= 11 is 5.86. The molecule has 0 saturated carbocycles. The molecule has 9 heteroatoms. The van der Waals surface area contributed by atoms with Crippen LogP contribution in [0.25, 0.3) is 22.2 Å². The van der Waals surface area contributed by atoms with Gasteiger partial charge in [-0.05, 0) is 54.1 Å². The van der Waals surface area contributed by atoms with Crippen LogP contribution in [0.2, 0.25) is 5.02 Å². The van der Waals surface area contributed by atoms with Crippen molar-refractivity contribution in [2.75, 3.05) is 4.72 Å². The number of carbonyl (C=O) groups excluding carboxylic acids is 1. The Hall–Kier alpha value is -4.40. The highest BCUT2D eigenvalue weighted by atomic mass is 35.5. The highest BCUT2D eigenvalue weighted by molar-refractivity contribution is 7.92. The van der Waals surface area contributed by atoms with Crippen molar-refractivity contribution in [3.8, 4) is 11.3 Å². The van der Waals surface area contributed by atoms with E-state index in [0.29, 0.717) is 10.7 Å². The molecular weight excluding hydrogens is 508 g/mol. The van der Waals surface area contributed by atoms with Crippen molar-refractivity contribution in [3.63, 3.8) is 0 Å². The molecule has 5 rings (SSSR count). The predicted molar refractivity (Wildman–Crippen MR) is 147 cm³/mol. The van der Waals surface area contributed by atoms with Gasteiger partial charge in [0.1, 0.15) is 0 Å². The Labute approximate surface area is 218 Å². The molecule has 0 radical (unpaired) electrons. The highest BCUT2D eigenvalue weighted by Gasteiger charge is 2.17. The van der Waals surface area contributed by atoms with Crippen molar-refractivity contribution in [1.29, 1.82) is 0 Å². The summed E-state index contributed by atoms with van der Waals surface area (Å²) in [6.45, 7) is 0. The molecule has 0 bridgehead atoms. The summed E-state index contributed by atoms with van der Waals surface area (Å²) < 4.78 is 28.1. The molecule has 184 valence electrons. The first-order chi connectivity index (χ1) is 17.9. The van der Waals surface area contributed by atoms with Crippen LogP contribution in [0.1, 0.15) is 15.9 Å². The second kappa shape index (κ2) is 10.3. The van der Waals surface area contributed by atoms with Crippen molar-refractivity contribution < 1.29 is 13.2 Å². The van der Waals surface area contributed by atoms with E-state index in [4.69, 9.17) is 11.6 Å². The van der Waals surface area contributed by atoms with Crippen molar-refractivity contribution >= 4 is 50.3 Å². The number of halogens is 1. The Morgan fingerprint density at radius 2 is 1.59 bits per heavy atom. The molecule has 4 aromatic carbocycles. The summed E-state index contributed by atoms with van der Waals surface area (Å²) in [4.78, 5) is 16.2. The minimum absolute atomic E-state index is 0.0536. The van der Waals surface area contributed by atoms with Gasteiger partial charge in [0, 0.05) is 32.7 Å². The van der Waals surface area contributed by atoms with E-state index in [1.165, 1.54) is 24.3 Å². The van der Waals surface area contributed by atoms with Crippen LogP contribution >= 0.6 is 11.6 Å². The van der Waals surface area contributed by atoms with Gasteiger partial charge in [-0.1, -0.05) is 66.2 Å². The molecule has 0 aliphatic rings. The zero-order valence-electron chi connectivity index (χ0n) is 19.4. The van der Waals surface area contributed by atoms with Gasteiger partial charge in [0.05, 0.1) is 16.8 Å². The number of hydrogen-bond donors (Lipinski definition) is 3. The van der Waals surface area contributed by atoms with E-state index >= 15 is 0 Å². The van der Waals surface area contributed by atoms with E-state index in [-0.39, 0.29) is 10.5 Å². The number of sulfonamides is 1. The summed E-state index contributed by atoms with van der Waals surface area (Å²) in [5.74, 6) is -0.541. The number of aromatic amines is 1. The first-order valence-electron chi connectivity index (χ1n) is 11.3. The molecule has 0 aliphatic heterocycles. The number of hydrazone groups is 1. The average Bonchev–Trinajstić information content (AvgIpc) is 3.29. The van der Waals surface area contributed by atoms with Crippen molar-refractivity contribution in [3.05, 3.63) is 119 Å². The Morgan fingerprint density at radius 3 is 2.38 bits per heavy atom. The number of para-hydroxylation sites is 1. The standard InChI is InChI=1S/C28H21ClN4O3S/c29-21-13-15-22(16-14-21)33-37(35,36)23-10-6-9-20(17-23)28(34)32-30-18-25-24-11-4-5-12-26(24)31-27(25)19-7-2-1-3-8-19/h1-18,31,33H,(H,32,34). The smallest absolute Gasteiger partial charge is 0.271 e. The molecule has 1 heterocycles. The summed E-state index contributed by atoms with van der Waals surface area (Å²) in [5, 5.41) is 5.62. The highest BCUT2D eigenvalue weighted by Crippen LogP contribution is 2.29. The molecule has 37 heavy (non-hydrogen) atoms. The molecule has 5 aromatic rings. The zero-order chi connectivity index (χ0) is 25.8. The van der Waals surface area contributed by atoms with E-state index in [0.717, 1.165) is 27.7 Å². The minimum Gasteiger partial charge on any atom is -0.354 e. The van der Waals surface area contributed by atoms with E-state index in [2.05, 4.69) is 20.2 Å². The zero-order valence-corrected chi connectivity index (χ0v) is 20.9. The van der Waals surface area contributed by atoms with Crippen LogP contribution in [0.5, 0.6) is 0 Å². The van der Waals surface area contributed by atoms with Gasteiger partial charge in [0.15, 0.2) is 0 Å². The fraction of sp³-hybridized carbons (Fsp3) is 0. The van der Waals surface area contributed by atoms with Crippen molar-refractivity contribution in [1.82, 2.24) is 10.4 Å². The quantitative estimate of drug-likeness (QED) is 0.177. The van der Waals surface area contributed by atoms with Gasteiger partial charge in [0.25, 0.3) is 15.9 Å². The topological polar surface area (TPSA) is 103 Å². The van der Waals surface area contributed by atoms with Crippen molar-refractivity contribution in [2.45, 2.75) is 4.90 Å². The number of fused-ring (bicyclic) bond motifs is 1. The largest absolute Gasteiger partial charge is 0.354 e. The normalized spacial score (nSPS) is 11.6. The lowest BCUT2D eigenvalue weighted by Crippen LogP contribution is -2.19. The summed E-state index contributed by atoms with van der Waals surface area (Å²) in [6, 6.07) is 29.7. The first-order valence-corrected chi connectivity index (χ1v) is 13.1. The van der Waals surface area contributed by atoms with Crippen molar-refractivity contribution in [2.24, 2.45) is 5.10 Å². The molecule has 0 atom stereocenters. The first kappa shape index (κ1) is 24.3. The second-order valence-electron chi connectivity index (χ2n) is 8.16. The lowest BCUT2D eigenvalue weighted by Gasteiger charge is -2.09. The Balaban J connectivity index is 1.37. The molecule has 0 fully saturated rings. The number of carbonyl (C=O) groups is 1. The number of aromatic nitrogens is 1. The lowest BCUT2D eigenvalue weighted by molar-refractivity contribution is 0.0955. The fourth-order valence-corrected chi connectivity index (χ4v) is 5.12. The van der Waals surface area contributed by atoms with Crippen LogP contribution in [-0.2, 0) is 10.0 Å². The number of rotatable bonds is 7. The molecule has 0 unspecified atom stereocenters. The molecule has 1 amide bonds. The van der Waals surface area contributed by atoms with Gasteiger partial charge in [-0.15, -0.1) is 0 Å². The number of hydrogen-bond acceptors (Lipinski definition) is 4. The van der Waals surface area contributed by atoms with Gasteiger partial charge in [-0.25, -0.2) is 13.8 Å². The second-order valence-corrected chi connectivity index (χ2v) is 10.3. The van der Waals surface area contributed by atoms with E-state index < -0.39 is 15.9 Å². The van der Waals surface area contributed by atoms with E-state index in [9.17, 15) is 13.2 Å². The predicted octanol–water partition coefficient (Wildman–Crippen LogP) is 6.05.